The van der Waals surface area contributed by atoms with Gasteiger partial charge in [-0.25, -0.2) is 4.79 Å². The highest BCUT2D eigenvalue weighted by Gasteiger charge is 2.23. The first-order valence-corrected chi connectivity index (χ1v) is 10.4. The van der Waals surface area contributed by atoms with E-state index in [0.717, 1.165) is 45.4 Å². The van der Waals surface area contributed by atoms with Gasteiger partial charge in [-0.3, -0.25) is 9.89 Å². The lowest BCUT2D eigenvalue weighted by Gasteiger charge is -2.36. The Morgan fingerprint density at radius 1 is 1.25 bits per heavy atom. The first-order chi connectivity index (χ1) is 13.1. The summed E-state index contributed by atoms with van der Waals surface area (Å²) in [4.78, 5) is 20.9. The van der Waals surface area contributed by atoms with Gasteiger partial charge in [-0.2, -0.15) is 0 Å². The van der Waals surface area contributed by atoms with Gasteiger partial charge in [0.05, 0.1) is 19.8 Å². The van der Waals surface area contributed by atoms with Crippen LogP contribution in [0.5, 0.6) is 0 Å². The summed E-state index contributed by atoms with van der Waals surface area (Å²) in [6, 6.07) is 0.392. The lowest BCUT2D eigenvalue weighted by molar-refractivity contribution is 0.00866. The Morgan fingerprint density at radius 3 is 2.43 bits per heavy atom. The SMILES string of the molecule is CCNC(=NCC(C(C)C)N1CCOCC1)NCCN(C)C(=O)OC(C)(C)C. The molecule has 1 fully saturated rings. The third kappa shape index (κ3) is 9.59. The van der Waals surface area contributed by atoms with Crippen LogP contribution in [0.4, 0.5) is 4.79 Å². The second-order valence-corrected chi connectivity index (χ2v) is 8.51. The van der Waals surface area contributed by atoms with Crippen molar-refractivity contribution in [2.24, 2.45) is 10.9 Å². The van der Waals surface area contributed by atoms with Crippen LogP contribution in [0.2, 0.25) is 0 Å². The van der Waals surface area contributed by atoms with Crippen molar-refractivity contribution in [3.8, 4) is 0 Å². The van der Waals surface area contributed by atoms with Crippen LogP contribution in [0.25, 0.3) is 0 Å². The Hall–Kier alpha value is -1.54. The summed E-state index contributed by atoms with van der Waals surface area (Å²) >= 11 is 0. The second-order valence-electron chi connectivity index (χ2n) is 8.51. The van der Waals surface area contributed by atoms with E-state index >= 15 is 0 Å². The molecule has 1 rings (SSSR count). The molecule has 1 aliphatic heterocycles. The van der Waals surface area contributed by atoms with Gasteiger partial charge in [-0.05, 0) is 33.6 Å². The van der Waals surface area contributed by atoms with Crippen LogP contribution in [0.1, 0.15) is 41.5 Å². The molecule has 0 aromatic carbocycles. The van der Waals surface area contributed by atoms with Crippen molar-refractivity contribution >= 4 is 12.1 Å². The summed E-state index contributed by atoms with van der Waals surface area (Å²) in [5.74, 6) is 1.29. The average molecular weight is 400 g/mol. The van der Waals surface area contributed by atoms with E-state index in [1.807, 2.05) is 27.7 Å². The fourth-order valence-electron chi connectivity index (χ4n) is 2.96. The van der Waals surface area contributed by atoms with Gasteiger partial charge in [0, 0.05) is 45.8 Å². The van der Waals surface area contributed by atoms with Crippen molar-refractivity contribution in [2.75, 3.05) is 59.5 Å². The van der Waals surface area contributed by atoms with Gasteiger partial charge in [0.1, 0.15) is 5.60 Å². The lowest BCUT2D eigenvalue weighted by atomic mass is 10.0. The summed E-state index contributed by atoms with van der Waals surface area (Å²) < 4.78 is 10.8. The molecule has 0 aliphatic carbocycles. The molecule has 0 saturated carbocycles. The Kier molecular flexibility index (Phi) is 10.6. The van der Waals surface area contributed by atoms with E-state index in [-0.39, 0.29) is 6.09 Å². The number of nitrogens with one attached hydrogen (secondary N) is 2. The lowest BCUT2D eigenvalue weighted by Crippen LogP contribution is -2.48. The molecule has 1 atom stereocenters. The quantitative estimate of drug-likeness (QED) is 0.478. The number of guanidine groups is 1. The maximum absolute atomic E-state index is 12.0. The molecule has 1 unspecified atom stereocenters. The third-order valence-electron chi connectivity index (χ3n) is 4.51. The van der Waals surface area contributed by atoms with Gasteiger partial charge in [-0.1, -0.05) is 13.8 Å². The molecule has 8 heteroatoms. The van der Waals surface area contributed by atoms with Crippen LogP contribution in [0, 0.1) is 5.92 Å². The highest BCUT2D eigenvalue weighted by molar-refractivity contribution is 5.79. The monoisotopic (exact) mass is 399 g/mol. The van der Waals surface area contributed by atoms with E-state index in [4.69, 9.17) is 14.5 Å². The number of likely N-dealkylation sites (N-methyl/N-ethyl adjacent to an activating group) is 1. The summed E-state index contributed by atoms with van der Waals surface area (Å²) in [5.41, 5.74) is -0.486. The maximum Gasteiger partial charge on any atom is 0.410 e. The number of hydrogen-bond acceptors (Lipinski definition) is 5. The highest BCUT2D eigenvalue weighted by atomic mass is 16.6. The normalized spacial score (nSPS) is 17.4. The number of morpholine rings is 1. The summed E-state index contributed by atoms with van der Waals surface area (Å²) in [6.45, 7) is 18.3. The van der Waals surface area contributed by atoms with E-state index in [1.54, 1.807) is 11.9 Å². The highest BCUT2D eigenvalue weighted by Crippen LogP contribution is 2.13. The van der Waals surface area contributed by atoms with Gasteiger partial charge in [0.15, 0.2) is 5.96 Å². The zero-order chi connectivity index (χ0) is 21.2. The molecule has 1 saturated heterocycles. The molecule has 8 nitrogen and oxygen atoms in total. The number of rotatable bonds is 8. The van der Waals surface area contributed by atoms with Crippen LogP contribution < -0.4 is 10.6 Å². The van der Waals surface area contributed by atoms with Gasteiger partial charge >= 0.3 is 6.09 Å². The number of aliphatic imine (C=N–C) groups is 1. The van der Waals surface area contributed by atoms with E-state index in [1.165, 1.54) is 0 Å². The van der Waals surface area contributed by atoms with Crippen LogP contribution in [-0.2, 0) is 9.47 Å². The first-order valence-electron chi connectivity index (χ1n) is 10.4. The predicted molar refractivity (Wildman–Crippen MR) is 114 cm³/mol. The average Bonchev–Trinajstić information content (AvgIpc) is 2.60. The molecule has 28 heavy (non-hydrogen) atoms. The third-order valence-corrected chi connectivity index (χ3v) is 4.51. The minimum Gasteiger partial charge on any atom is -0.444 e. The van der Waals surface area contributed by atoms with Crippen molar-refractivity contribution in [1.29, 1.82) is 0 Å². The molecule has 0 aromatic rings. The van der Waals surface area contributed by atoms with E-state index in [0.29, 0.717) is 25.0 Å². The fraction of sp³-hybridized carbons (Fsp3) is 0.900. The zero-order valence-corrected chi connectivity index (χ0v) is 18.9. The van der Waals surface area contributed by atoms with Crippen LogP contribution in [0.15, 0.2) is 4.99 Å². The van der Waals surface area contributed by atoms with Crippen LogP contribution in [-0.4, -0.2) is 93.0 Å². The predicted octanol–water partition coefficient (Wildman–Crippen LogP) is 1.77. The van der Waals surface area contributed by atoms with Crippen LogP contribution in [0.3, 0.4) is 0 Å². The van der Waals surface area contributed by atoms with Crippen molar-refractivity contribution in [2.45, 2.75) is 53.2 Å². The number of amides is 1. The summed E-state index contributed by atoms with van der Waals surface area (Å²) in [6.07, 6.45) is -0.316. The molecule has 164 valence electrons. The van der Waals surface area contributed by atoms with Crippen molar-refractivity contribution in [3.63, 3.8) is 0 Å². The largest absolute Gasteiger partial charge is 0.444 e. The number of hydrogen-bond donors (Lipinski definition) is 2. The first kappa shape index (κ1) is 24.5. The standard InChI is InChI=1S/C20H41N5O3/c1-8-21-18(22-9-10-24(7)19(26)28-20(4,5)6)23-15-17(16(2)3)25-11-13-27-14-12-25/h16-17H,8-15H2,1-7H3,(H2,21,22,23). The molecule has 0 aromatic heterocycles. The van der Waals surface area contributed by atoms with Crippen molar-refractivity contribution in [1.82, 2.24) is 20.4 Å². The Labute approximate surface area is 171 Å². The molecule has 0 bridgehead atoms. The number of carbonyl (C=O) groups excluding carboxylic acids is 1. The van der Waals surface area contributed by atoms with Crippen LogP contribution >= 0.6 is 0 Å². The number of nitrogens with zero attached hydrogens (tertiary/aromatic N) is 3. The fourth-order valence-corrected chi connectivity index (χ4v) is 2.96. The van der Waals surface area contributed by atoms with E-state index in [2.05, 4.69) is 29.4 Å². The maximum atomic E-state index is 12.0. The Morgan fingerprint density at radius 2 is 1.89 bits per heavy atom. The molecule has 0 radical (unpaired) electrons. The smallest absolute Gasteiger partial charge is 0.410 e. The topological polar surface area (TPSA) is 78.4 Å². The minimum atomic E-state index is -0.486. The van der Waals surface area contributed by atoms with E-state index in [9.17, 15) is 4.79 Å². The number of ether oxygens (including phenoxy) is 2. The minimum absolute atomic E-state index is 0.316. The van der Waals surface area contributed by atoms with Gasteiger partial charge in [0.2, 0.25) is 0 Å². The van der Waals surface area contributed by atoms with Crippen molar-refractivity contribution in [3.05, 3.63) is 0 Å². The molecule has 1 amide bonds. The molecular formula is C20H41N5O3. The van der Waals surface area contributed by atoms with Gasteiger partial charge < -0.3 is 25.0 Å². The van der Waals surface area contributed by atoms with Gasteiger partial charge in [-0.15, -0.1) is 0 Å². The van der Waals surface area contributed by atoms with E-state index < -0.39 is 5.60 Å². The van der Waals surface area contributed by atoms with Crippen molar-refractivity contribution < 1.29 is 14.3 Å². The second kappa shape index (κ2) is 12.1. The molecule has 1 aliphatic rings. The summed E-state index contributed by atoms with van der Waals surface area (Å²) in [7, 11) is 1.74. The molecule has 1 heterocycles. The molecular weight excluding hydrogens is 358 g/mol. The molecule has 2 N–H and O–H groups in total. The number of carbonyl (C=O) groups is 1. The molecule has 0 spiro atoms. The summed E-state index contributed by atoms with van der Waals surface area (Å²) in [5, 5.41) is 6.59. The Bertz CT molecular complexity index is 485. The zero-order valence-electron chi connectivity index (χ0n) is 18.9. The van der Waals surface area contributed by atoms with Gasteiger partial charge in [0.25, 0.3) is 0 Å². The Balaban J connectivity index is 2.54.